The molecule has 1 aliphatic rings. The van der Waals surface area contributed by atoms with E-state index in [9.17, 15) is 9.18 Å². The minimum absolute atomic E-state index is 0.238. The molecule has 1 aromatic carbocycles. The first-order valence-electron chi connectivity index (χ1n) is 4.19. The number of carbonyl (C=O) groups is 1. The van der Waals surface area contributed by atoms with Crippen LogP contribution in [-0.4, -0.2) is 19.1 Å². The summed E-state index contributed by atoms with van der Waals surface area (Å²) in [5, 5.41) is 3.00. The Morgan fingerprint density at radius 1 is 1.50 bits per heavy atom. The monoisotopic (exact) mass is 214 g/mol. The van der Waals surface area contributed by atoms with Gasteiger partial charge in [-0.1, -0.05) is 11.6 Å². The van der Waals surface area contributed by atoms with E-state index in [2.05, 4.69) is 5.32 Å². The molecule has 1 aliphatic heterocycles. The van der Waals surface area contributed by atoms with Crippen LogP contribution in [0.3, 0.4) is 0 Å². The average molecular weight is 215 g/mol. The van der Waals surface area contributed by atoms with Gasteiger partial charge in [0.05, 0.1) is 10.7 Å². The van der Waals surface area contributed by atoms with Gasteiger partial charge in [0.1, 0.15) is 5.82 Å². The molecule has 1 fully saturated rings. The Hall–Kier alpha value is -1.29. The zero-order chi connectivity index (χ0) is 10.1. The van der Waals surface area contributed by atoms with Gasteiger partial charge in [-0.3, -0.25) is 4.90 Å². The van der Waals surface area contributed by atoms with Crippen molar-refractivity contribution in [2.45, 2.75) is 0 Å². The van der Waals surface area contributed by atoms with Gasteiger partial charge in [-0.2, -0.15) is 0 Å². The lowest BCUT2D eigenvalue weighted by atomic mass is 10.3. The van der Waals surface area contributed by atoms with E-state index in [0.29, 0.717) is 23.8 Å². The molecule has 0 aromatic heterocycles. The molecule has 14 heavy (non-hydrogen) atoms. The minimum atomic E-state index is -0.399. The van der Waals surface area contributed by atoms with Gasteiger partial charge in [0.25, 0.3) is 0 Å². The van der Waals surface area contributed by atoms with Crippen LogP contribution in [0.2, 0.25) is 5.02 Å². The second-order valence-corrected chi connectivity index (χ2v) is 3.39. The number of hydrogen-bond donors (Lipinski definition) is 1. The van der Waals surface area contributed by atoms with Crippen molar-refractivity contribution < 1.29 is 9.18 Å². The highest BCUT2D eigenvalue weighted by molar-refractivity contribution is 6.33. The topological polar surface area (TPSA) is 32.3 Å². The summed E-state index contributed by atoms with van der Waals surface area (Å²) in [5.41, 5.74) is 0.418. The van der Waals surface area contributed by atoms with Crippen LogP contribution in [0, 0.1) is 5.82 Å². The molecule has 0 bridgehead atoms. The van der Waals surface area contributed by atoms with Crippen LogP contribution < -0.4 is 10.2 Å². The molecule has 5 heteroatoms. The van der Waals surface area contributed by atoms with E-state index in [0.717, 1.165) is 0 Å². The van der Waals surface area contributed by atoms with Gasteiger partial charge in [0.2, 0.25) is 0 Å². The summed E-state index contributed by atoms with van der Waals surface area (Å²) in [6.07, 6.45) is 0. The van der Waals surface area contributed by atoms with Crippen molar-refractivity contribution in [1.29, 1.82) is 0 Å². The molecule has 1 saturated heterocycles. The number of anilines is 1. The van der Waals surface area contributed by atoms with Crippen LogP contribution in [0.25, 0.3) is 0 Å². The first kappa shape index (κ1) is 9.27. The van der Waals surface area contributed by atoms with Gasteiger partial charge in [0.15, 0.2) is 0 Å². The van der Waals surface area contributed by atoms with E-state index < -0.39 is 5.82 Å². The molecule has 2 amide bonds. The van der Waals surface area contributed by atoms with E-state index in [1.807, 2.05) is 0 Å². The molecule has 1 aromatic rings. The number of urea groups is 1. The second-order valence-electron chi connectivity index (χ2n) is 2.98. The zero-order valence-electron chi connectivity index (χ0n) is 7.26. The molecule has 0 saturated carbocycles. The summed E-state index contributed by atoms with van der Waals surface area (Å²) in [5.74, 6) is -0.399. The lowest BCUT2D eigenvalue weighted by Crippen LogP contribution is -2.27. The lowest BCUT2D eigenvalue weighted by Gasteiger charge is -2.15. The third-order valence-electron chi connectivity index (χ3n) is 2.06. The third-order valence-corrected chi connectivity index (χ3v) is 2.38. The molecule has 1 N–H and O–H groups in total. The number of halogens is 2. The Morgan fingerprint density at radius 2 is 2.29 bits per heavy atom. The molecule has 0 atom stereocenters. The fourth-order valence-corrected chi connectivity index (χ4v) is 1.61. The van der Waals surface area contributed by atoms with Gasteiger partial charge >= 0.3 is 6.03 Å². The Kier molecular flexibility index (Phi) is 2.29. The van der Waals surface area contributed by atoms with Crippen LogP contribution in [0.15, 0.2) is 18.2 Å². The van der Waals surface area contributed by atoms with Gasteiger partial charge in [-0.25, -0.2) is 9.18 Å². The summed E-state index contributed by atoms with van der Waals surface area (Å²) >= 11 is 5.85. The number of carbonyl (C=O) groups excluding carboxylic acids is 1. The van der Waals surface area contributed by atoms with Gasteiger partial charge < -0.3 is 5.32 Å². The molecular formula is C9H8ClFN2O. The maximum atomic E-state index is 12.9. The highest BCUT2D eigenvalue weighted by Crippen LogP contribution is 2.27. The normalized spacial score (nSPS) is 15.9. The predicted molar refractivity (Wildman–Crippen MR) is 52.2 cm³/mol. The van der Waals surface area contributed by atoms with Crippen molar-refractivity contribution in [3.63, 3.8) is 0 Å². The maximum Gasteiger partial charge on any atom is 0.322 e. The Morgan fingerprint density at radius 3 is 2.93 bits per heavy atom. The Balaban J connectivity index is 2.39. The Labute approximate surface area is 85.5 Å². The van der Waals surface area contributed by atoms with Gasteiger partial charge in [0, 0.05) is 13.1 Å². The zero-order valence-corrected chi connectivity index (χ0v) is 8.01. The lowest BCUT2D eigenvalue weighted by molar-refractivity contribution is 0.252. The standard InChI is InChI=1S/C9H8ClFN2O/c10-7-2-1-6(11)5-8(7)13-4-3-12-9(13)14/h1-2,5H,3-4H2,(H,12,14). The van der Waals surface area contributed by atoms with E-state index in [-0.39, 0.29) is 6.03 Å². The van der Waals surface area contributed by atoms with E-state index >= 15 is 0 Å². The van der Waals surface area contributed by atoms with Gasteiger partial charge in [-0.15, -0.1) is 0 Å². The highest BCUT2D eigenvalue weighted by atomic mass is 35.5. The summed E-state index contributed by atoms with van der Waals surface area (Å²) in [6, 6.07) is 3.72. The fourth-order valence-electron chi connectivity index (χ4n) is 1.39. The van der Waals surface area contributed by atoms with Crippen LogP contribution in [-0.2, 0) is 0 Å². The van der Waals surface area contributed by atoms with Crippen molar-refractivity contribution in [3.8, 4) is 0 Å². The number of nitrogens with zero attached hydrogens (tertiary/aromatic N) is 1. The molecule has 0 radical (unpaired) electrons. The summed E-state index contributed by atoms with van der Waals surface area (Å²) < 4.78 is 12.9. The minimum Gasteiger partial charge on any atom is -0.336 e. The number of hydrogen-bond acceptors (Lipinski definition) is 1. The molecule has 2 rings (SSSR count). The molecule has 1 heterocycles. The number of amides is 2. The third kappa shape index (κ3) is 1.53. The molecule has 0 unspecified atom stereocenters. The number of rotatable bonds is 1. The molecular weight excluding hydrogens is 207 g/mol. The molecule has 0 spiro atoms. The van der Waals surface area contributed by atoms with Crippen LogP contribution >= 0.6 is 11.6 Å². The van der Waals surface area contributed by atoms with Crippen molar-refractivity contribution in [2.24, 2.45) is 0 Å². The van der Waals surface area contributed by atoms with Crippen molar-refractivity contribution in [2.75, 3.05) is 18.0 Å². The van der Waals surface area contributed by atoms with Crippen LogP contribution in [0.5, 0.6) is 0 Å². The summed E-state index contributed by atoms with van der Waals surface area (Å²) in [4.78, 5) is 12.7. The highest BCUT2D eigenvalue weighted by Gasteiger charge is 2.23. The SMILES string of the molecule is O=C1NCCN1c1cc(F)ccc1Cl. The van der Waals surface area contributed by atoms with E-state index in [1.165, 1.54) is 23.1 Å². The predicted octanol–water partition coefficient (Wildman–Crippen LogP) is 2.01. The summed E-state index contributed by atoms with van der Waals surface area (Å²) in [7, 11) is 0. The molecule has 74 valence electrons. The maximum absolute atomic E-state index is 12.9. The number of benzene rings is 1. The number of nitrogens with one attached hydrogen (secondary N) is 1. The van der Waals surface area contributed by atoms with E-state index in [1.54, 1.807) is 0 Å². The van der Waals surface area contributed by atoms with Crippen LogP contribution in [0.1, 0.15) is 0 Å². The fraction of sp³-hybridized carbons (Fsp3) is 0.222. The quantitative estimate of drug-likeness (QED) is 0.762. The average Bonchev–Trinajstić information content (AvgIpc) is 2.56. The van der Waals surface area contributed by atoms with E-state index in [4.69, 9.17) is 11.6 Å². The second kappa shape index (κ2) is 3.46. The summed E-state index contributed by atoms with van der Waals surface area (Å²) in [6.45, 7) is 1.08. The largest absolute Gasteiger partial charge is 0.336 e. The van der Waals surface area contributed by atoms with Crippen LogP contribution in [0.4, 0.5) is 14.9 Å². The smallest absolute Gasteiger partial charge is 0.322 e. The van der Waals surface area contributed by atoms with Crippen molar-refractivity contribution in [1.82, 2.24) is 5.32 Å². The van der Waals surface area contributed by atoms with Crippen molar-refractivity contribution >= 4 is 23.3 Å². The molecule has 3 nitrogen and oxygen atoms in total. The first-order valence-corrected chi connectivity index (χ1v) is 4.57. The van der Waals surface area contributed by atoms with Crippen molar-refractivity contribution in [3.05, 3.63) is 29.0 Å². The van der Waals surface area contributed by atoms with Gasteiger partial charge in [-0.05, 0) is 18.2 Å². The Bertz CT molecular complexity index is 383. The molecule has 0 aliphatic carbocycles. The first-order chi connectivity index (χ1) is 6.68.